The first kappa shape index (κ1) is 25.2. The van der Waals surface area contributed by atoms with Crippen molar-refractivity contribution in [2.24, 2.45) is 0 Å². The second-order valence-electron chi connectivity index (χ2n) is 9.48. The van der Waals surface area contributed by atoms with Gasteiger partial charge in [0.05, 0.1) is 30.6 Å². The molecule has 0 bridgehead atoms. The molecule has 11 heteroatoms. The highest BCUT2D eigenvalue weighted by Gasteiger charge is 2.29. The summed E-state index contributed by atoms with van der Waals surface area (Å²) in [6.07, 6.45) is 5.98. The molecule has 0 aliphatic heterocycles. The Morgan fingerprint density at radius 1 is 1.07 bits per heavy atom. The maximum Gasteiger partial charge on any atom is 0.268 e. The van der Waals surface area contributed by atoms with E-state index in [1.165, 1.54) is 29.9 Å². The number of hydrogen-bond acceptors (Lipinski definition) is 6. The molecule has 1 saturated carbocycles. The normalized spacial score (nSPS) is 12.9. The Kier molecular flexibility index (Phi) is 6.25. The van der Waals surface area contributed by atoms with Crippen molar-refractivity contribution in [1.29, 1.82) is 0 Å². The van der Waals surface area contributed by atoms with E-state index in [2.05, 4.69) is 20.3 Å². The van der Waals surface area contributed by atoms with Crippen LogP contribution in [0.15, 0.2) is 65.8 Å². The van der Waals surface area contributed by atoms with Crippen LogP contribution < -0.4 is 20.3 Å². The highest BCUT2D eigenvalue weighted by molar-refractivity contribution is 6.04. The molecule has 1 fully saturated rings. The average Bonchev–Trinajstić information content (AvgIpc) is 3.67. The summed E-state index contributed by atoms with van der Waals surface area (Å²) in [4.78, 5) is 37.8. The van der Waals surface area contributed by atoms with Crippen LogP contribution in [0.5, 0.6) is 17.4 Å². The highest BCUT2D eigenvalue weighted by atomic mass is 19.1. The lowest BCUT2D eigenvalue weighted by Gasteiger charge is -2.16. The summed E-state index contributed by atoms with van der Waals surface area (Å²) < 4.78 is 41.5. The van der Waals surface area contributed by atoms with Crippen molar-refractivity contribution in [1.82, 2.24) is 19.5 Å². The summed E-state index contributed by atoms with van der Waals surface area (Å²) in [5, 5.41) is 2.92. The number of nitrogens with zero attached hydrogens (tertiary/aromatic N) is 3. The number of methoxy groups -OCH3 is 1. The van der Waals surface area contributed by atoms with Crippen LogP contribution in [0.25, 0.3) is 16.7 Å². The monoisotopic (exact) mass is 543 g/mol. The number of nitrogens with one attached hydrogen (secondary N) is 2. The fourth-order valence-corrected chi connectivity index (χ4v) is 4.57. The van der Waals surface area contributed by atoms with Gasteiger partial charge in [0.1, 0.15) is 11.2 Å². The first-order valence-electron chi connectivity index (χ1n) is 12.5. The van der Waals surface area contributed by atoms with Crippen LogP contribution in [0, 0.1) is 18.6 Å². The van der Waals surface area contributed by atoms with Gasteiger partial charge >= 0.3 is 0 Å². The molecule has 6 rings (SSSR count). The van der Waals surface area contributed by atoms with Gasteiger partial charge in [0.25, 0.3) is 11.5 Å². The van der Waals surface area contributed by atoms with Crippen LogP contribution in [0.3, 0.4) is 0 Å². The number of aryl methyl sites for hydroxylation is 1. The molecule has 0 unspecified atom stereocenters. The number of anilines is 1. The van der Waals surface area contributed by atoms with Crippen molar-refractivity contribution >= 4 is 22.6 Å². The van der Waals surface area contributed by atoms with Gasteiger partial charge in [-0.05, 0) is 61.6 Å². The van der Waals surface area contributed by atoms with Gasteiger partial charge in [0, 0.05) is 29.7 Å². The molecule has 9 nitrogen and oxygen atoms in total. The summed E-state index contributed by atoms with van der Waals surface area (Å²) in [5.74, 6) is -2.09. The van der Waals surface area contributed by atoms with E-state index < -0.39 is 23.1 Å². The van der Waals surface area contributed by atoms with E-state index >= 15 is 0 Å². The maximum absolute atomic E-state index is 15.0. The Bertz CT molecular complexity index is 1840. The van der Waals surface area contributed by atoms with Crippen LogP contribution in [0.2, 0.25) is 0 Å². The Morgan fingerprint density at radius 3 is 2.62 bits per heavy atom. The second-order valence-corrected chi connectivity index (χ2v) is 9.48. The number of carbonyl (C=O) groups is 1. The third kappa shape index (κ3) is 4.55. The van der Waals surface area contributed by atoms with Crippen molar-refractivity contribution in [2.75, 3.05) is 12.4 Å². The van der Waals surface area contributed by atoms with Gasteiger partial charge in [-0.3, -0.25) is 14.2 Å². The molecule has 40 heavy (non-hydrogen) atoms. The summed E-state index contributed by atoms with van der Waals surface area (Å²) in [6.45, 7) is 1.83. The number of pyridine rings is 3. The van der Waals surface area contributed by atoms with Gasteiger partial charge in [0.15, 0.2) is 23.1 Å². The van der Waals surface area contributed by atoms with Crippen LogP contribution in [-0.2, 0) is 0 Å². The molecule has 202 valence electrons. The number of carbonyl (C=O) groups excluding carboxylic acids is 1. The SMILES string of the molecule is COc1cc(C)c(-n2c(C3CC3)ccc(C(=O)Nc3ccc(Oc4c(F)cnc5[nH]ccc45)c(F)c3)c2=O)cn1. The van der Waals surface area contributed by atoms with Crippen LogP contribution in [-0.4, -0.2) is 32.5 Å². The van der Waals surface area contributed by atoms with E-state index in [1.54, 1.807) is 30.6 Å². The number of H-pyrrole nitrogens is 1. The largest absolute Gasteiger partial charge is 0.481 e. The Labute approximate surface area is 226 Å². The summed E-state index contributed by atoms with van der Waals surface area (Å²) in [7, 11) is 1.51. The quantitative estimate of drug-likeness (QED) is 0.275. The number of rotatable bonds is 7. The van der Waals surface area contributed by atoms with Crippen molar-refractivity contribution in [2.45, 2.75) is 25.7 Å². The molecule has 1 aromatic carbocycles. The predicted octanol–water partition coefficient (Wildman–Crippen LogP) is 5.63. The fraction of sp³-hybridized carbons (Fsp3) is 0.172. The van der Waals surface area contributed by atoms with E-state index in [0.29, 0.717) is 22.6 Å². The molecule has 0 radical (unpaired) electrons. The third-order valence-electron chi connectivity index (χ3n) is 6.76. The number of aromatic nitrogens is 4. The molecule has 1 amide bonds. The zero-order chi connectivity index (χ0) is 28.0. The molecule has 0 saturated heterocycles. The van der Waals surface area contributed by atoms with E-state index in [4.69, 9.17) is 9.47 Å². The van der Waals surface area contributed by atoms with Crippen LogP contribution in [0.1, 0.15) is 40.4 Å². The first-order valence-corrected chi connectivity index (χ1v) is 12.5. The highest BCUT2D eigenvalue weighted by Crippen LogP contribution is 2.40. The van der Waals surface area contributed by atoms with Gasteiger partial charge in [-0.1, -0.05) is 0 Å². The Morgan fingerprint density at radius 2 is 1.90 bits per heavy atom. The molecule has 1 aliphatic rings. The molecule has 2 N–H and O–H groups in total. The fourth-order valence-electron chi connectivity index (χ4n) is 4.57. The molecule has 4 aromatic heterocycles. The van der Waals surface area contributed by atoms with Gasteiger partial charge in [0.2, 0.25) is 5.88 Å². The summed E-state index contributed by atoms with van der Waals surface area (Å²) in [6, 6.07) is 10.2. The van der Waals surface area contributed by atoms with Gasteiger partial charge in [-0.2, -0.15) is 0 Å². The summed E-state index contributed by atoms with van der Waals surface area (Å²) in [5.41, 5.74) is 1.96. The second kappa shape index (κ2) is 9.92. The number of hydrogen-bond donors (Lipinski definition) is 2. The zero-order valence-corrected chi connectivity index (χ0v) is 21.5. The lowest BCUT2D eigenvalue weighted by molar-refractivity contribution is 0.102. The topological polar surface area (TPSA) is 111 Å². The van der Waals surface area contributed by atoms with Crippen LogP contribution in [0.4, 0.5) is 14.5 Å². The van der Waals surface area contributed by atoms with Gasteiger partial charge in [-0.15, -0.1) is 0 Å². The molecule has 5 aromatic rings. The molecule has 0 atom stereocenters. The number of amides is 1. The summed E-state index contributed by atoms with van der Waals surface area (Å²) >= 11 is 0. The van der Waals surface area contributed by atoms with Gasteiger partial charge in [-0.25, -0.2) is 18.7 Å². The number of ether oxygens (including phenoxy) is 2. The number of benzene rings is 1. The van der Waals surface area contributed by atoms with Crippen molar-refractivity contribution in [3.05, 3.63) is 99.9 Å². The minimum absolute atomic E-state index is 0.0938. The lowest BCUT2D eigenvalue weighted by Crippen LogP contribution is -2.30. The molecular formula is C29H23F2N5O4. The first-order chi connectivity index (χ1) is 19.3. The van der Waals surface area contributed by atoms with Crippen molar-refractivity contribution in [3.8, 4) is 23.1 Å². The van der Waals surface area contributed by atoms with E-state index in [1.807, 2.05) is 6.92 Å². The molecule has 0 spiro atoms. The Balaban J connectivity index is 1.29. The molecule has 1 aliphatic carbocycles. The average molecular weight is 544 g/mol. The zero-order valence-electron chi connectivity index (χ0n) is 21.5. The number of fused-ring (bicyclic) bond motifs is 1. The van der Waals surface area contributed by atoms with E-state index in [-0.39, 0.29) is 28.7 Å². The minimum Gasteiger partial charge on any atom is -0.481 e. The standard InChI is InChI=1S/C29H23F2N5O4/c1-15-11-25(39-2)33-14-23(15)36-22(16-3-4-16)7-6-19(29(36)38)28(37)35-17-5-8-24(20(30)12-17)40-26-18-9-10-32-27(18)34-13-21(26)31/h5-14,16H,3-4H2,1-2H3,(H,32,34)(H,35,37). The minimum atomic E-state index is -0.834. The third-order valence-corrected chi connectivity index (χ3v) is 6.76. The predicted molar refractivity (Wildman–Crippen MR) is 144 cm³/mol. The lowest BCUT2D eigenvalue weighted by atomic mass is 10.1. The maximum atomic E-state index is 15.0. The molecule has 4 heterocycles. The van der Waals surface area contributed by atoms with Crippen molar-refractivity contribution in [3.63, 3.8) is 0 Å². The van der Waals surface area contributed by atoms with Gasteiger partial charge < -0.3 is 19.8 Å². The smallest absolute Gasteiger partial charge is 0.268 e. The Hall–Kier alpha value is -5.06. The van der Waals surface area contributed by atoms with E-state index in [9.17, 15) is 18.4 Å². The number of halogens is 2. The number of aromatic amines is 1. The molecular weight excluding hydrogens is 520 g/mol. The van der Waals surface area contributed by atoms with E-state index in [0.717, 1.165) is 36.4 Å². The van der Waals surface area contributed by atoms with Crippen molar-refractivity contribution < 1.29 is 23.0 Å². The van der Waals surface area contributed by atoms with Crippen LogP contribution >= 0.6 is 0 Å².